The van der Waals surface area contributed by atoms with Crippen LogP contribution in [0.2, 0.25) is 10.0 Å². The van der Waals surface area contributed by atoms with E-state index in [-0.39, 0.29) is 23.3 Å². The molecule has 0 unspecified atom stereocenters. The smallest absolute Gasteiger partial charge is 0.268 e. The van der Waals surface area contributed by atoms with E-state index in [1.807, 2.05) is 35.6 Å². The van der Waals surface area contributed by atoms with E-state index in [2.05, 4.69) is 29.4 Å². The molecular weight excluding hydrogens is 589 g/mol. The van der Waals surface area contributed by atoms with Gasteiger partial charge in [-0.15, -0.1) is 21.5 Å². The molecule has 1 atom stereocenters. The summed E-state index contributed by atoms with van der Waals surface area (Å²) in [5, 5.41) is 13.7. The molecule has 4 heterocycles. The highest BCUT2D eigenvalue weighted by Gasteiger charge is 2.30. The quantitative estimate of drug-likeness (QED) is 0.219. The Morgan fingerprint density at radius 3 is 2.80 bits per heavy atom. The third-order valence-electron chi connectivity index (χ3n) is 6.88. The highest BCUT2D eigenvalue weighted by molar-refractivity contribution is 7.99. The van der Waals surface area contributed by atoms with Crippen LogP contribution in [0.3, 0.4) is 0 Å². The summed E-state index contributed by atoms with van der Waals surface area (Å²) in [6.45, 7) is 6.70. The number of carbonyl (C=O) groups excluding carboxylic acids is 1. The maximum Gasteiger partial charge on any atom is 0.268 e. The summed E-state index contributed by atoms with van der Waals surface area (Å²) < 4.78 is 9.63. The average Bonchev–Trinajstić information content (AvgIpc) is 3.50. The van der Waals surface area contributed by atoms with Gasteiger partial charge >= 0.3 is 0 Å². The Balaban J connectivity index is 1.45. The van der Waals surface area contributed by atoms with Gasteiger partial charge in [-0.25, -0.2) is 8.97 Å². The Kier molecular flexibility index (Phi) is 7.39. The van der Waals surface area contributed by atoms with E-state index in [4.69, 9.17) is 27.9 Å². The summed E-state index contributed by atoms with van der Waals surface area (Å²) in [5.74, 6) is 0.521. The molecule has 5 aromatic rings. The van der Waals surface area contributed by atoms with E-state index in [0.717, 1.165) is 20.8 Å². The average molecular weight is 615 g/mol. The lowest BCUT2D eigenvalue weighted by atomic mass is 9.96. The van der Waals surface area contributed by atoms with Gasteiger partial charge in [-0.3, -0.25) is 9.59 Å². The second kappa shape index (κ2) is 10.8. The van der Waals surface area contributed by atoms with Gasteiger partial charge in [0.05, 0.1) is 40.2 Å². The van der Waals surface area contributed by atoms with E-state index in [0.29, 0.717) is 56.7 Å². The van der Waals surface area contributed by atoms with E-state index in [1.54, 1.807) is 22.8 Å². The minimum atomic E-state index is -0.257. The third kappa shape index (κ3) is 4.92. The molecule has 1 N–H and O–H groups in total. The number of aryl methyl sites for hydroxylation is 1. The van der Waals surface area contributed by atoms with Crippen LogP contribution in [-0.2, 0) is 22.6 Å². The standard InChI is InChI=1S/C28H25Cl2N5O3S2/c1-14(2)21-11-18-22(12-38-21)40-26-24(18)25(37)34(17-6-4-5-15(3)9-17)27-32-33-28(35(26)27)39-13-23(36)31-20-8-7-16(29)10-19(20)30/h4-10,14,21H,11-13H2,1-3H3,(H,31,36)/t21-/m0/s1. The fourth-order valence-corrected chi connectivity index (χ4v) is 7.35. The largest absolute Gasteiger partial charge is 0.372 e. The van der Waals surface area contributed by atoms with Crippen molar-refractivity contribution in [3.63, 3.8) is 0 Å². The number of amides is 1. The normalized spacial score (nSPS) is 15.2. The number of hydrogen-bond donors (Lipinski definition) is 1. The maximum atomic E-state index is 14.2. The maximum absolute atomic E-state index is 14.2. The number of fused-ring (bicyclic) bond motifs is 5. The van der Waals surface area contributed by atoms with Crippen LogP contribution in [0, 0.1) is 12.8 Å². The van der Waals surface area contributed by atoms with Crippen LogP contribution in [0.15, 0.2) is 52.4 Å². The van der Waals surface area contributed by atoms with Crippen LogP contribution < -0.4 is 10.9 Å². The number of nitrogens with one attached hydrogen (secondary N) is 1. The van der Waals surface area contributed by atoms with Crippen molar-refractivity contribution in [1.82, 2.24) is 19.2 Å². The van der Waals surface area contributed by atoms with Gasteiger partial charge in [0, 0.05) is 16.3 Å². The predicted octanol–water partition coefficient (Wildman–Crippen LogP) is 6.54. The predicted molar refractivity (Wildman–Crippen MR) is 162 cm³/mol. The van der Waals surface area contributed by atoms with Crippen molar-refractivity contribution in [3.05, 3.63) is 78.9 Å². The third-order valence-corrected chi connectivity index (χ3v) is 9.55. The van der Waals surface area contributed by atoms with Crippen molar-refractivity contribution >= 4 is 73.9 Å². The first-order chi connectivity index (χ1) is 19.2. The van der Waals surface area contributed by atoms with Crippen molar-refractivity contribution in [3.8, 4) is 5.69 Å². The summed E-state index contributed by atoms with van der Waals surface area (Å²) in [6, 6.07) is 12.6. The molecule has 2 aromatic carbocycles. The number of hydrogen-bond acceptors (Lipinski definition) is 7. The highest BCUT2D eigenvalue weighted by Crippen LogP contribution is 2.37. The molecule has 1 aliphatic rings. The molecular formula is C28H25Cl2N5O3S2. The molecule has 0 radical (unpaired) electrons. The fraction of sp³-hybridized carbons (Fsp3) is 0.286. The fourth-order valence-electron chi connectivity index (χ4n) is 4.87. The van der Waals surface area contributed by atoms with Gasteiger partial charge in [-0.1, -0.05) is 60.9 Å². The van der Waals surface area contributed by atoms with E-state index in [9.17, 15) is 9.59 Å². The van der Waals surface area contributed by atoms with Gasteiger partial charge in [0.15, 0.2) is 5.16 Å². The zero-order valence-corrected chi connectivity index (χ0v) is 25.0. The highest BCUT2D eigenvalue weighted by atomic mass is 35.5. The molecule has 3 aromatic heterocycles. The van der Waals surface area contributed by atoms with Gasteiger partial charge < -0.3 is 10.1 Å². The van der Waals surface area contributed by atoms with E-state index < -0.39 is 0 Å². The molecule has 0 fully saturated rings. The van der Waals surface area contributed by atoms with E-state index in [1.165, 1.54) is 23.1 Å². The van der Waals surface area contributed by atoms with Gasteiger partial charge in [0.1, 0.15) is 4.83 Å². The van der Waals surface area contributed by atoms with Crippen LogP contribution in [0.25, 0.3) is 21.7 Å². The second-order valence-corrected chi connectivity index (χ2v) is 12.9. The molecule has 1 amide bonds. The molecule has 0 aliphatic carbocycles. The summed E-state index contributed by atoms with van der Waals surface area (Å²) in [6.07, 6.45) is 0.696. The van der Waals surface area contributed by atoms with E-state index >= 15 is 0 Å². The molecule has 40 heavy (non-hydrogen) atoms. The Bertz CT molecular complexity index is 1850. The van der Waals surface area contributed by atoms with Crippen LogP contribution in [0.4, 0.5) is 5.69 Å². The summed E-state index contributed by atoms with van der Waals surface area (Å²) >= 11 is 15.0. The van der Waals surface area contributed by atoms with Crippen molar-refractivity contribution in [1.29, 1.82) is 0 Å². The minimum absolute atomic E-state index is 0.0333. The van der Waals surface area contributed by atoms with Crippen molar-refractivity contribution in [2.45, 2.75) is 45.1 Å². The van der Waals surface area contributed by atoms with Crippen LogP contribution in [-0.4, -0.2) is 36.9 Å². The SMILES string of the molecule is Cc1cccc(-n2c(=O)c3c4c(sc3n3c(SCC(=O)Nc5ccc(Cl)cc5Cl)nnc23)CO[C@H](C(C)C)C4)c1. The number of aromatic nitrogens is 4. The Morgan fingerprint density at radius 1 is 1.23 bits per heavy atom. The number of carbonyl (C=O) groups is 1. The van der Waals surface area contributed by atoms with Crippen LogP contribution in [0.5, 0.6) is 0 Å². The first-order valence-corrected chi connectivity index (χ1v) is 15.3. The van der Waals surface area contributed by atoms with Gasteiger partial charge in [0.25, 0.3) is 5.56 Å². The number of rotatable bonds is 6. The number of thiophene rings is 1. The summed E-state index contributed by atoms with van der Waals surface area (Å²) in [7, 11) is 0. The molecule has 0 saturated heterocycles. The Morgan fingerprint density at radius 2 is 2.05 bits per heavy atom. The van der Waals surface area contributed by atoms with Crippen molar-refractivity contribution < 1.29 is 9.53 Å². The van der Waals surface area contributed by atoms with Gasteiger partial charge in [0.2, 0.25) is 11.7 Å². The lowest BCUT2D eigenvalue weighted by Gasteiger charge is -2.26. The zero-order valence-electron chi connectivity index (χ0n) is 21.9. The molecule has 6 rings (SSSR count). The first-order valence-electron chi connectivity index (χ1n) is 12.7. The summed E-state index contributed by atoms with van der Waals surface area (Å²) in [4.78, 5) is 28.8. The molecule has 8 nitrogen and oxygen atoms in total. The zero-order chi connectivity index (χ0) is 28.1. The number of benzene rings is 2. The second-order valence-electron chi connectivity index (χ2n) is 10.0. The molecule has 12 heteroatoms. The molecule has 0 bridgehead atoms. The lowest BCUT2D eigenvalue weighted by molar-refractivity contribution is -0.113. The van der Waals surface area contributed by atoms with Crippen LogP contribution in [0.1, 0.15) is 29.9 Å². The number of thioether (sulfide) groups is 1. The monoisotopic (exact) mass is 613 g/mol. The Hall–Kier alpha value is -2.89. The van der Waals surface area contributed by atoms with Crippen LogP contribution >= 0.6 is 46.3 Å². The first kappa shape index (κ1) is 27.3. The molecule has 0 saturated carbocycles. The minimum Gasteiger partial charge on any atom is -0.372 e. The summed E-state index contributed by atoms with van der Waals surface area (Å²) in [5.41, 5.74) is 3.11. The molecule has 0 spiro atoms. The number of anilines is 1. The molecule has 206 valence electrons. The van der Waals surface area contributed by atoms with Crippen molar-refractivity contribution in [2.24, 2.45) is 5.92 Å². The topological polar surface area (TPSA) is 90.5 Å². The molecule has 1 aliphatic heterocycles. The lowest BCUT2D eigenvalue weighted by Crippen LogP contribution is -2.28. The van der Waals surface area contributed by atoms with Gasteiger partial charge in [-0.05, 0) is 54.3 Å². The number of nitrogens with zero attached hydrogens (tertiary/aromatic N) is 4. The van der Waals surface area contributed by atoms with Gasteiger partial charge in [-0.2, -0.15) is 0 Å². The Labute approximate surface area is 248 Å². The van der Waals surface area contributed by atoms with Crippen molar-refractivity contribution in [2.75, 3.05) is 11.1 Å². The number of ether oxygens (including phenoxy) is 1. The number of halogens is 2.